The van der Waals surface area contributed by atoms with E-state index in [4.69, 9.17) is 17.3 Å². The fourth-order valence-electron chi connectivity index (χ4n) is 2.48. The molecule has 3 N–H and O–H groups in total. The molecule has 0 fully saturated rings. The molecule has 0 bridgehead atoms. The van der Waals surface area contributed by atoms with Gasteiger partial charge in [0.2, 0.25) is 5.91 Å². The fraction of sp³-hybridized carbons (Fsp3) is 0.0556. The van der Waals surface area contributed by atoms with Crippen LogP contribution in [0.15, 0.2) is 58.6 Å². The lowest BCUT2D eigenvalue weighted by Crippen LogP contribution is -2.35. The maximum absolute atomic E-state index is 13.3. The molecule has 8 nitrogen and oxygen atoms in total. The molecule has 0 radical (unpaired) electrons. The number of amides is 2. The second kappa shape index (κ2) is 7.64. The Hall–Kier alpha value is -3.24. The molecule has 29 heavy (non-hydrogen) atoms. The Morgan fingerprint density at radius 2 is 1.83 bits per heavy atom. The SMILES string of the molecule is CN1C(C(=O)Nc2ccc(F)c(Cl)c2)=CC(c2ccc(C(N)=O)cc2)=NS1(=O)=O. The van der Waals surface area contributed by atoms with E-state index < -0.39 is 27.8 Å². The molecule has 11 heteroatoms. The number of hydrogen-bond acceptors (Lipinski definition) is 4. The maximum atomic E-state index is 13.3. The first-order valence-corrected chi connectivity index (χ1v) is 9.83. The molecule has 2 amide bonds. The van der Waals surface area contributed by atoms with Gasteiger partial charge in [0.25, 0.3) is 5.91 Å². The molecule has 1 aliphatic rings. The number of nitrogens with zero attached hydrogens (tertiary/aromatic N) is 2. The Balaban J connectivity index is 1.96. The van der Waals surface area contributed by atoms with Crippen LogP contribution in [-0.4, -0.2) is 37.3 Å². The highest BCUT2D eigenvalue weighted by molar-refractivity contribution is 7.88. The van der Waals surface area contributed by atoms with E-state index in [1.54, 1.807) is 0 Å². The molecule has 0 spiro atoms. The van der Waals surface area contributed by atoms with Gasteiger partial charge in [-0.3, -0.25) is 9.59 Å². The van der Waals surface area contributed by atoms with E-state index in [0.717, 1.165) is 10.4 Å². The Bertz CT molecular complexity index is 1180. The average Bonchev–Trinajstić information content (AvgIpc) is 2.66. The molecular formula is C18H14ClFN4O4S. The number of rotatable bonds is 4. The van der Waals surface area contributed by atoms with Crippen LogP contribution in [0.5, 0.6) is 0 Å². The van der Waals surface area contributed by atoms with Crippen LogP contribution in [0.3, 0.4) is 0 Å². The molecule has 150 valence electrons. The number of likely N-dealkylation sites (N-methyl/N-ethyl adjacent to an activating group) is 1. The van der Waals surface area contributed by atoms with Gasteiger partial charge in [-0.15, -0.1) is 4.40 Å². The zero-order valence-corrected chi connectivity index (χ0v) is 16.5. The molecule has 0 saturated heterocycles. The summed E-state index contributed by atoms with van der Waals surface area (Å²) in [6, 6.07) is 9.31. The highest BCUT2D eigenvalue weighted by Crippen LogP contribution is 2.23. The smallest absolute Gasteiger partial charge is 0.345 e. The minimum Gasteiger partial charge on any atom is -0.366 e. The van der Waals surface area contributed by atoms with Crippen molar-refractivity contribution in [3.05, 3.63) is 76.2 Å². The number of nitrogens with one attached hydrogen (secondary N) is 1. The van der Waals surface area contributed by atoms with Crippen molar-refractivity contribution in [3.8, 4) is 0 Å². The standard InChI is InChI=1S/C18H14ClFN4O4S/c1-24-16(18(26)22-12-6-7-14(20)13(19)8-12)9-15(23-29(24,27)28)10-2-4-11(5-3-10)17(21)25/h2-9H,1H3,(H2,21,25)(H,22,26). The Kier molecular flexibility index (Phi) is 5.40. The Labute approximate surface area is 170 Å². The van der Waals surface area contributed by atoms with Crippen molar-refractivity contribution < 1.29 is 22.4 Å². The van der Waals surface area contributed by atoms with Crippen LogP contribution in [0.25, 0.3) is 0 Å². The molecular weight excluding hydrogens is 423 g/mol. The molecule has 2 aromatic rings. The summed E-state index contributed by atoms with van der Waals surface area (Å²) in [6.07, 6.45) is 1.28. The minimum absolute atomic E-state index is 0.00130. The molecule has 0 aliphatic carbocycles. The number of carbonyl (C=O) groups excluding carboxylic acids is 2. The van der Waals surface area contributed by atoms with Crippen molar-refractivity contribution in [2.75, 3.05) is 12.4 Å². The van der Waals surface area contributed by atoms with Gasteiger partial charge in [0, 0.05) is 23.9 Å². The number of allylic oxidation sites excluding steroid dienone is 1. The van der Waals surface area contributed by atoms with Gasteiger partial charge in [0.1, 0.15) is 11.5 Å². The van der Waals surface area contributed by atoms with Crippen LogP contribution in [0.1, 0.15) is 15.9 Å². The van der Waals surface area contributed by atoms with E-state index in [-0.39, 0.29) is 27.7 Å². The Morgan fingerprint density at radius 1 is 1.17 bits per heavy atom. The van der Waals surface area contributed by atoms with Crippen LogP contribution in [-0.2, 0) is 15.0 Å². The topological polar surface area (TPSA) is 122 Å². The highest BCUT2D eigenvalue weighted by atomic mass is 35.5. The summed E-state index contributed by atoms with van der Waals surface area (Å²) in [6.45, 7) is 0. The zero-order chi connectivity index (χ0) is 21.3. The number of benzene rings is 2. The minimum atomic E-state index is -4.17. The summed E-state index contributed by atoms with van der Waals surface area (Å²) in [5, 5.41) is 2.27. The molecule has 1 heterocycles. The van der Waals surface area contributed by atoms with Gasteiger partial charge in [-0.2, -0.15) is 8.42 Å². The van der Waals surface area contributed by atoms with E-state index in [2.05, 4.69) is 9.71 Å². The molecule has 0 aromatic heterocycles. The molecule has 0 unspecified atom stereocenters. The van der Waals surface area contributed by atoms with E-state index in [1.165, 1.54) is 49.5 Å². The molecule has 2 aromatic carbocycles. The van der Waals surface area contributed by atoms with Crippen LogP contribution in [0, 0.1) is 5.82 Å². The van der Waals surface area contributed by atoms with Gasteiger partial charge in [-0.25, -0.2) is 8.70 Å². The molecule has 0 saturated carbocycles. The largest absolute Gasteiger partial charge is 0.366 e. The van der Waals surface area contributed by atoms with Crippen molar-refractivity contribution in [2.24, 2.45) is 10.1 Å². The lowest BCUT2D eigenvalue weighted by molar-refractivity contribution is -0.113. The van der Waals surface area contributed by atoms with Crippen molar-refractivity contribution in [2.45, 2.75) is 0 Å². The number of anilines is 1. The lowest BCUT2D eigenvalue weighted by Gasteiger charge is -2.23. The number of primary amides is 1. The molecule has 0 atom stereocenters. The van der Waals surface area contributed by atoms with Gasteiger partial charge in [-0.05, 0) is 36.4 Å². The van der Waals surface area contributed by atoms with Crippen LogP contribution >= 0.6 is 11.6 Å². The van der Waals surface area contributed by atoms with E-state index >= 15 is 0 Å². The zero-order valence-electron chi connectivity index (χ0n) is 14.9. The fourth-order valence-corrected chi connectivity index (χ4v) is 3.57. The van der Waals surface area contributed by atoms with Gasteiger partial charge in [-0.1, -0.05) is 23.7 Å². The van der Waals surface area contributed by atoms with Gasteiger partial charge >= 0.3 is 10.2 Å². The van der Waals surface area contributed by atoms with Crippen molar-refractivity contribution >= 4 is 45.0 Å². The molecule has 3 rings (SSSR count). The maximum Gasteiger partial charge on any atom is 0.345 e. The highest BCUT2D eigenvalue weighted by Gasteiger charge is 2.30. The first-order valence-electron chi connectivity index (χ1n) is 8.05. The number of halogens is 2. The molecule has 1 aliphatic heterocycles. The quantitative estimate of drug-likeness (QED) is 0.761. The first kappa shape index (κ1) is 20.5. The third kappa shape index (κ3) is 4.28. The van der Waals surface area contributed by atoms with Crippen molar-refractivity contribution in [1.82, 2.24) is 4.31 Å². The summed E-state index contributed by atoms with van der Waals surface area (Å²) >= 11 is 5.70. The third-order valence-electron chi connectivity index (χ3n) is 4.05. The monoisotopic (exact) mass is 436 g/mol. The summed E-state index contributed by atoms with van der Waals surface area (Å²) < 4.78 is 42.4. The van der Waals surface area contributed by atoms with Crippen molar-refractivity contribution in [1.29, 1.82) is 0 Å². The van der Waals surface area contributed by atoms with Crippen LogP contribution < -0.4 is 11.1 Å². The van der Waals surface area contributed by atoms with E-state index in [0.29, 0.717) is 5.56 Å². The van der Waals surface area contributed by atoms with Crippen molar-refractivity contribution in [3.63, 3.8) is 0 Å². The number of carbonyl (C=O) groups is 2. The van der Waals surface area contributed by atoms with Gasteiger partial charge < -0.3 is 11.1 Å². The lowest BCUT2D eigenvalue weighted by atomic mass is 10.1. The third-order valence-corrected chi connectivity index (χ3v) is 5.65. The number of hydrogen-bond donors (Lipinski definition) is 2. The van der Waals surface area contributed by atoms with Gasteiger partial charge in [0.05, 0.1) is 10.7 Å². The van der Waals surface area contributed by atoms with Crippen LogP contribution in [0.4, 0.5) is 10.1 Å². The summed E-state index contributed by atoms with van der Waals surface area (Å²) in [4.78, 5) is 23.8. The summed E-state index contributed by atoms with van der Waals surface area (Å²) in [5.74, 6) is -2.06. The second-order valence-electron chi connectivity index (χ2n) is 5.98. The first-order chi connectivity index (χ1) is 13.6. The predicted molar refractivity (Wildman–Crippen MR) is 106 cm³/mol. The Morgan fingerprint density at radius 3 is 2.41 bits per heavy atom. The summed E-state index contributed by atoms with van der Waals surface area (Å²) in [7, 11) is -3.00. The van der Waals surface area contributed by atoms with Gasteiger partial charge in [0.15, 0.2) is 0 Å². The summed E-state index contributed by atoms with van der Waals surface area (Å²) in [5.41, 5.74) is 5.76. The number of nitrogens with two attached hydrogens (primary N) is 1. The normalized spacial score (nSPS) is 15.3. The van der Waals surface area contributed by atoms with E-state index in [1.807, 2.05) is 0 Å². The average molecular weight is 437 g/mol. The second-order valence-corrected chi connectivity index (χ2v) is 8.01. The van der Waals surface area contributed by atoms with E-state index in [9.17, 15) is 22.4 Å². The van der Waals surface area contributed by atoms with Crippen LogP contribution in [0.2, 0.25) is 5.02 Å². The predicted octanol–water partition coefficient (Wildman–Crippen LogP) is 2.08.